The second-order valence-corrected chi connectivity index (χ2v) is 30.5. The Morgan fingerprint density at radius 2 is 0.405 bits per heavy atom. The molecule has 0 bridgehead atoms. The van der Waals surface area contributed by atoms with Gasteiger partial charge in [-0.25, -0.2) is 29.9 Å². The molecule has 0 saturated heterocycles. The number of pyridine rings is 3. The van der Waals surface area contributed by atoms with Gasteiger partial charge < -0.3 is 0 Å². The maximum absolute atomic E-state index is 8.60. The molecule has 9 nitrogen and oxygen atoms in total. The van der Waals surface area contributed by atoms with E-state index in [1.807, 2.05) is 134 Å². The minimum Gasteiger partial charge on any atom is -0.264 e. The van der Waals surface area contributed by atoms with Gasteiger partial charge in [-0.05, 0) is 154 Å². The van der Waals surface area contributed by atoms with Crippen molar-refractivity contribution >= 4 is 32.3 Å². The lowest BCUT2D eigenvalue weighted by molar-refractivity contribution is 1.18. The molecule has 0 unspecified atom stereocenters. The minimum atomic E-state index is -0.460. The first-order valence-electron chi connectivity index (χ1n) is 44.2. The first-order valence-corrected chi connectivity index (χ1v) is 41.7. The molecule has 9 heteroatoms. The van der Waals surface area contributed by atoms with Gasteiger partial charge in [-0.3, -0.25) is 15.0 Å². The molecule has 22 rings (SSSR count). The highest BCUT2D eigenvalue weighted by molar-refractivity contribution is 6.00. The van der Waals surface area contributed by atoms with Crippen molar-refractivity contribution in [2.24, 2.45) is 0 Å². The second kappa shape index (κ2) is 36.1. The van der Waals surface area contributed by atoms with Gasteiger partial charge in [0.05, 0.1) is 41.0 Å². The van der Waals surface area contributed by atoms with Crippen LogP contribution in [0, 0.1) is 0 Å². The maximum Gasteiger partial charge on any atom is 0.160 e. The highest BCUT2D eigenvalue weighted by atomic mass is 14.9. The molecule has 0 radical (unpaired) electrons. The van der Waals surface area contributed by atoms with Crippen LogP contribution in [0.3, 0.4) is 0 Å². The summed E-state index contributed by atoms with van der Waals surface area (Å²) >= 11 is 0. The van der Waals surface area contributed by atoms with Crippen molar-refractivity contribution < 1.29 is 6.85 Å². The lowest BCUT2D eigenvalue weighted by atomic mass is 9.97. The number of benzene rings is 16. The molecule has 0 aliphatic heterocycles. The molecule has 0 spiro atoms. The van der Waals surface area contributed by atoms with Gasteiger partial charge in [-0.2, -0.15) is 0 Å². The quantitative estimate of drug-likeness (QED) is 0.0932. The van der Waals surface area contributed by atoms with Crippen LogP contribution in [0.2, 0.25) is 0 Å². The van der Waals surface area contributed by atoms with Crippen molar-refractivity contribution in [3.63, 3.8) is 0 Å². The van der Waals surface area contributed by atoms with Crippen molar-refractivity contribution in [3.8, 4) is 180 Å². The van der Waals surface area contributed by atoms with Crippen molar-refractivity contribution in [2.75, 3.05) is 0 Å². The van der Waals surface area contributed by atoms with Crippen LogP contribution in [0.5, 0.6) is 0 Å². The standard InChI is InChI=1S/C43H29N3.2C37H25N3/c1-2-9-30(10-3-1)36-13-6-14-37(27-36)42-28-41(34-22-18-31(19-23-34)38-15-8-26-44-29-38)45-43(46-42)35-24-20-33(21-25-35)40-17-7-12-32-11-4-5-16-39(32)40;2*1-2-10-29(11-3-1)37-39-35(24-36(40-37)31-14-6-13-30(23-31)32-15-8-22-38-25-32)28-20-18-27(19-21-28)34-17-7-12-26-9-4-5-16-33(26)34/h1-29H;2*1-25H/i;1D,2D,3D,10D,11D;. The predicted octanol–water partition coefficient (Wildman–Crippen LogP) is 29.7. The average molecular weight is 1620 g/mol. The summed E-state index contributed by atoms with van der Waals surface area (Å²) in [6.45, 7) is 0. The first-order chi connectivity index (χ1) is 64.5. The van der Waals surface area contributed by atoms with Crippen LogP contribution in [0.25, 0.3) is 212 Å². The molecule has 6 aromatic heterocycles. The molecule has 0 amide bonds. The Balaban J connectivity index is 0.000000123. The summed E-state index contributed by atoms with van der Waals surface area (Å²) in [5.74, 6) is 1.46. The molecule has 22 aromatic rings. The van der Waals surface area contributed by atoms with Gasteiger partial charge in [0.1, 0.15) is 0 Å². The fraction of sp³-hybridized carbons (Fsp3) is 0. The summed E-state index contributed by atoms with van der Waals surface area (Å²) in [6, 6.07) is 140. The van der Waals surface area contributed by atoms with E-state index >= 15 is 0 Å². The molecular formula is C117H79N9. The molecule has 0 aliphatic carbocycles. The topological polar surface area (TPSA) is 116 Å². The second-order valence-electron chi connectivity index (χ2n) is 30.5. The predicted molar refractivity (Wildman–Crippen MR) is 519 cm³/mol. The van der Waals surface area contributed by atoms with E-state index in [0.29, 0.717) is 23.0 Å². The Labute approximate surface area is 739 Å². The molecule has 0 N–H and O–H groups in total. The van der Waals surface area contributed by atoms with E-state index < -0.39 is 18.1 Å². The number of fused-ring (bicyclic) bond motifs is 3. The van der Waals surface area contributed by atoms with Crippen LogP contribution in [0.4, 0.5) is 0 Å². The summed E-state index contributed by atoms with van der Waals surface area (Å²) in [6.07, 6.45) is 10.9. The Hall–Kier alpha value is -17.0. The fourth-order valence-electron chi connectivity index (χ4n) is 16.1. The van der Waals surface area contributed by atoms with E-state index in [0.717, 1.165) is 128 Å². The SMILES string of the molecule is [2H]c1c([2H])c([2H])c(-c2nc(-c3ccc(-c4cccc5ccccc45)cc3)cc(-c3cccc(-c4cccnc4)c3)n2)c([2H])c1[2H].c1ccc(-c2cccc(-c3cc(-c4ccc(-c5cccnc5)cc4)nc(-c4ccc(-c5cccc6ccccc56)cc4)n3)c2)cc1.c1ccc(-c2nc(-c3ccc(-c4cccc5ccccc45)cc3)cc(-c3cccc(-c4cccnc4)c3)n2)cc1. The third-order valence-corrected chi connectivity index (χ3v) is 22.5. The zero-order valence-corrected chi connectivity index (χ0v) is 68.2. The monoisotopic (exact) mass is 1610 g/mol. The van der Waals surface area contributed by atoms with Crippen LogP contribution < -0.4 is 0 Å². The van der Waals surface area contributed by atoms with Crippen molar-refractivity contribution in [1.29, 1.82) is 0 Å². The van der Waals surface area contributed by atoms with Gasteiger partial charge in [0, 0.05) is 98.4 Å². The third kappa shape index (κ3) is 17.2. The lowest BCUT2D eigenvalue weighted by Crippen LogP contribution is -1.96. The average Bonchev–Trinajstić information content (AvgIpc) is 0.772. The molecular weight excluding hydrogens is 1530 g/mol. The molecule has 126 heavy (non-hydrogen) atoms. The highest BCUT2D eigenvalue weighted by Crippen LogP contribution is 2.40. The van der Waals surface area contributed by atoms with E-state index in [1.54, 1.807) is 24.8 Å². The number of aromatic nitrogens is 9. The third-order valence-electron chi connectivity index (χ3n) is 22.5. The van der Waals surface area contributed by atoms with Gasteiger partial charge in [0.2, 0.25) is 0 Å². The Morgan fingerprint density at radius 1 is 0.159 bits per heavy atom. The number of hydrogen-bond donors (Lipinski definition) is 0. The van der Waals surface area contributed by atoms with Crippen LogP contribution in [-0.2, 0) is 0 Å². The first kappa shape index (κ1) is 71.9. The van der Waals surface area contributed by atoms with E-state index in [4.69, 9.17) is 36.8 Å². The zero-order chi connectivity index (χ0) is 88.5. The Bertz CT molecular complexity index is 7870. The van der Waals surface area contributed by atoms with Crippen molar-refractivity contribution in [1.82, 2.24) is 44.9 Å². The van der Waals surface area contributed by atoms with Crippen LogP contribution in [-0.4, -0.2) is 44.9 Å². The van der Waals surface area contributed by atoms with Gasteiger partial charge in [-0.15, -0.1) is 0 Å². The molecule has 0 atom stereocenters. The number of rotatable bonds is 16. The zero-order valence-electron chi connectivity index (χ0n) is 73.2. The summed E-state index contributed by atoms with van der Waals surface area (Å²) in [5.41, 5.74) is 27.9. The largest absolute Gasteiger partial charge is 0.264 e. The Kier molecular flexibility index (Phi) is 20.6. The lowest BCUT2D eigenvalue weighted by Gasteiger charge is -2.12. The molecule has 0 aliphatic rings. The van der Waals surface area contributed by atoms with Gasteiger partial charge >= 0.3 is 0 Å². The van der Waals surface area contributed by atoms with Crippen LogP contribution in [0.15, 0.2) is 480 Å². The molecule has 0 fully saturated rings. The molecule has 6 heterocycles. The summed E-state index contributed by atoms with van der Waals surface area (Å²) in [4.78, 5) is 42.6. The van der Waals surface area contributed by atoms with E-state index in [1.165, 1.54) is 49.4 Å². The molecule has 16 aromatic carbocycles. The van der Waals surface area contributed by atoms with E-state index in [9.17, 15) is 0 Å². The highest BCUT2D eigenvalue weighted by Gasteiger charge is 2.19. The maximum atomic E-state index is 8.60. The van der Waals surface area contributed by atoms with Gasteiger partial charge in [0.15, 0.2) is 17.5 Å². The van der Waals surface area contributed by atoms with Crippen molar-refractivity contribution in [2.45, 2.75) is 0 Å². The van der Waals surface area contributed by atoms with E-state index in [-0.39, 0.29) is 23.5 Å². The van der Waals surface area contributed by atoms with Gasteiger partial charge in [0.25, 0.3) is 0 Å². The van der Waals surface area contributed by atoms with Gasteiger partial charge in [-0.1, -0.05) is 388 Å². The van der Waals surface area contributed by atoms with Crippen LogP contribution >= 0.6 is 0 Å². The summed E-state index contributed by atoms with van der Waals surface area (Å²) < 4.78 is 41.7. The number of hydrogen-bond acceptors (Lipinski definition) is 9. The van der Waals surface area contributed by atoms with E-state index in [2.05, 4.69) is 306 Å². The minimum absolute atomic E-state index is 0.0418. The summed E-state index contributed by atoms with van der Waals surface area (Å²) in [5, 5.41) is 7.29. The Morgan fingerprint density at radius 3 is 0.770 bits per heavy atom. The molecule has 0 saturated carbocycles. The van der Waals surface area contributed by atoms with Crippen molar-refractivity contribution in [3.05, 3.63) is 480 Å². The molecule has 592 valence electrons. The normalized spacial score (nSPS) is 11.6. The summed E-state index contributed by atoms with van der Waals surface area (Å²) in [7, 11) is 0. The fourth-order valence-corrected chi connectivity index (χ4v) is 16.1. The number of nitrogens with zero attached hydrogens (tertiary/aromatic N) is 9. The smallest absolute Gasteiger partial charge is 0.160 e. The van der Waals surface area contributed by atoms with Crippen LogP contribution in [0.1, 0.15) is 6.85 Å².